The largest absolute Gasteiger partial charge is 0.489 e. The van der Waals surface area contributed by atoms with Crippen molar-refractivity contribution < 1.29 is 9.53 Å². The summed E-state index contributed by atoms with van der Waals surface area (Å²) in [6.45, 7) is 1.91. The Morgan fingerprint density at radius 3 is 2.10 bits per heavy atom. The van der Waals surface area contributed by atoms with Crippen LogP contribution in [0.3, 0.4) is 0 Å². The molecular weight excluding hydrogens is 382 g/mol. The number of thiocarbonyl (C=S) groups is 1. The quantitative estimate of drug-likeness (QED) is 0.529. The van der Waals surface area contributed by atoms with Gasteiger partial charge >= 0.3 is 0 Å². The van der Waals surface area contributed by atoms with Gasteiger partial charge in [-0.2, -0.15) is 0 Å². The van der Waals surface area contributed by atoms with Crippen LogP contribution < -0.4 is 20.7 Å². The molecule has 0 aliphatic rings. The number of benzene rings is 3. The summed E-state index contributed by atoms with van der Waals surface area (Å²) >= 11 is 5.01. The van der Waals surface area contributed by atoms with Crippen LogP contribution in [0, 0.1) is 0 Å². The molecule has 150 valence electrons. The van der Waals surface area contributed by atoms with Crippen molar-refractivity contribution in [2.75, 3.05) is 17.7 Å². The van der Waals surface area contributed by atoms with Gasteiger partial charge in [-0.05, 0) is 42.0 Å². The zero-order valence-corrected chi connectivity index (χ0v) is 17.3. The molecule has 3 aromatic rings. The van der Waals surface area contributed by atoms with E-state index in [0.29, 0.717) is 6.61 Å². The fourth-order valence-corrected chi connectivity index (χ4v) is 2.59. The molecule has 0 aliphatic carbocycles. The first kappa shape index (κ1) is 21.9. The molecule has 0 bridgehead atoms. The lowest BCUT2D eigenvalue weighted by molar-refractivity contribution is -0.117. The second-order valence-electron chi connectivity index (χ2n) is 6.05. The normalized spacial score (nSPS) is 9.45. The summed E-state index contributed by atoms with van der Waals surface area (Å²) in [5, 5.41) is 8.73. The molecule has 6 heteroatoms. The third-order valence-corrected chi connectivity index (χ3v) is 3.90. The van der Waals surface area contributed by atoms with E-state index in [1.54, 1.807) is 0 Å². The highest BCUT2D eigenvalue weighted by molar-refractivity contribution is 7.80. The molecule has 0 heterocycles. The van der Waals surface area contributed by atoms with Gasteiger partial charge in [0.15, 0.2) is 5.11 Å². The lowest BCUT2D eigenvalue weighted by atomic mass is 10.2. The lowest BCUT2D eigenvalue weighted by Crippen LogP contribution is -2.32. The summed E-state index contributed by atoms with van der Waals surface area (Å²) in [6.07, 6.45) is 0. The van der Waals surface area contributed by atoms with Gasteiger partial charge in [0.25, 0.3) is 0 Å². The van der Waals surface area contributed by atoms with E-state index in [1.165, 1.54) is 6.92 Å². The number of ether oxygens (including phenoxy) is 1. The van der Waals surface area contributed by atoms with Gasteiger partial charge in [-0.1, -0.05) is 54.6 Å². The van der Waals surface area contributed by atoms with E-state index in [-0.39, 0.29) is 11.0 Å². The minimum atomic E-state index is -0.205. The highest BCUT2D eigenvalue weighted by atomic mass is 32.1. The average Bonchev–Trinajstić information content (AvgIpc) is 2.74. The number of nitrogens with one attached hydrogen (secondary N) is 3. The Labute approximate surface area is 177 Å². The SMILES string of the molecule is CC(=O)NC(=S)Nc1cccc(OCc2ccccc2)c1.CNc1ccccc1. The van der Waals surface area contributed by atoms with Crippen LogP contribution in [0.2, 0.25) is 0 Å². The summed E-state index contributed by atoms with van der Waals surface area (Å²) in [4.78, 5) is 10.9. The molecule has 0 unspecified atom stereocenters. The second kappa shape index (κ2) is 12.2. The van der Waals surface area contributed by atoms with Gasteiger partial charge in [-0.3, -0.25) is 4.79 Å². The fraction of sp³-hybridized carbons (Fsp3) is 0.130. The molecule has 3 rings (SSSR count). The Kier molecular flexibility index (Phi) is 9.18. The van der Waals surface area contributed by atoms with E-state index in [2.05, 4.69) is 16.0 Å². The van der Waals surface area contributed by atoms with E-state index in [9.17, 15) is 4.79 Å². The number of para-hydroxylation sites is 1. The van der Waals surface area contributed by atoms with Crippen LogP contribution in [0.1, 0.15) is 12.5 Å². The Morgan fingerprint density at radius 1 is 0.897 bits per heavy atom. The molecule has 0 saturated heterocycles. The second-order valence-corrected chi connectivity index (χ2v) is 6.46. The number of carbonyl (C=O) groups excluding carboxylic acids is 1. The van der Waals surface area contributed by atoms with E-state index in [4.69, 9.17) is 17.0 Å². The average molecular weight is 408 g/mol. The summed E-state index contributed by atoms with van der Waals surface area (Å²) in [5.74, 6) is 0.526. The monoisotopic (exact) mass is 407 g/mol. The van der Waals surface area contributed by atoms with Crippen molar-refractivity contribution in [3.05, 3.63) is 90.5 Å². The van der Waals surface area contributed by atoms with Gasteiger partial charge in [-0.15, -0.1) is 0 Å². The molecular formula is C23H25N3O2S. The molecule has 0 aliphatic heterocycles. The summed E-state index contributed by atoms with van der Waals surface area (Å²) in [6, 6.07) is 27.4. The van der Waals surface area contributed by atoms with Crippen molar-refractivity contribution in [2.45, 2.75) is 13.5 Å². The molecule has 29 heavy (non-hydrogen) atoms. The minimum absolute atomic E-state index is 0.205. The van der Waals surface area contributed by atoms with E-state index in [1.807, 2.05) is 92.0 Å². The third-order valence-electron chi connectivity index (χ3n) is 3.69. The Morgan fingerprint density at radius 2 is 1.52 bits per heavy atom. The highest BCUT2D eigenvalue weighted by Crippen LogP contribution is 2.18. The zero-order valence-electron chi connectivity index (χ0n) is 16.5. The highest BCUT2D eigenvalue weighted by Gasteiger charge is 2.02. The van der Waals surface area contributed by atoms with Gasteiger partial charge in [0.1, 0.15) is 12.4 Å². The molecule has 3 aromatic carbocycles. The maximum Gasteiger partial charge on any atom is 0.222 e. The van der Waals surface area contributed by atoms with Crippen LogP contribution in [-0.4, -0.2) is 18.1 Å². The minimum Gasteiger partial charge on any atom is -0.489 e. The molecule has 0 saturated carbocycles. The standard InChI is InChI=1S/C16H16N2O2S.C7H9N/c1-12(19)17-16(21)18-14-8-5-9-15(10-14)20-11-13-6-3-2-4-7-13;1-8-7-5-3-2-4-6-7/h2-10H,11H2,1H3,(H2,17,18,19,21);2-6,8H,1H3. The molecule has 0 aromatic heterocycles. The smallest absolute Gasteiger partial charge is 0.222 e. The number of carbonyl (C=O) groups is 1. The van der Waals surface area contributed by atoms with Crippen LogP contribution in [0.15, 0.2) is 84.9 Å². The Bertz CT molecular complexity index is 902. The van der Waals surface area contributed by atoms with Crippen molar-refractivity contribution >= 4 is 34.6 Å². The number of rotatable bonds is 5. The van der Waals surface area contributed by atoms with Crippen molar-refractivity contribution in [1.29, 1.82) is 0 Å². The van der Waals surface area contributed by atoms with E-state index >= 15 is 0 Å². The van der Waals surface area contributed by atoms with Crippen LogP contribution in [0.4, 0.5) is 11.4 Å². The predicted molar refractivity (Wildman–Crippen MR) is 123 cm³/mol. The van der Waals surface area contributed by atoms with Crippen molar-refractivity contribution in [3.63, 3.8) is 0 Å². The van der Waals surface area contributed by atoms with Gasteiger partial charge in [0.2, 0.25) is 5.91 Å². The maximum atomic E-state index is 10.9. The van der Waals surface area contributed by atoms with Crippen LogP contribution in [-0.2, 0) is 11.4 Å². The first-order valence-corrected chi connectivity index (χ1v) is 9.56. The summed E-state index contributed by atoms with van der Waals surface area (Å²) in [7, 11) is 1.91. The maximum absolute atomic E-state index is 10.9. The molecule has 0 atom stereocenters. The van der Waals surface area contributed by atoms with Crippen LogP contribution >= 0.6 is 12.2 Å². The van der Waals surface area contributed by atoms with Crippen LogP contribution in [0.25, 0.3) is 0 Å². The molecule has 5 nitrogen and oxygen atoms in total. The lowest BCUT2D eigenvalue weighted by Gasteiger charge is -2.10. The molecule has 3 N–H and O–H groups in total. The van der Waals surface area contributed by atoms with E-state index in [0.717, 1.165) is 22.7 Å². The summed E-state index contributed by atoms with van der Waals surface area (Å²) in [5.41, 5.74) is 3.02. The number of anilines is 2. The molecule has 0 radical (unpaired) electrons. The summed E-state index contributed by atoms with van der Waals surface area (Å²) < 4.78 is 5.72. The zero-order chi connectivity index (χ0) is 20.9. The van der Waals surface area contributed by atoms with E-state index < -0.39 is 0 Å². The number of amides is 1. The molecule has 1 amide bonds. The van der Waals surface area contributed by atoms with Crippen LogP contribution in [0.5, 0.6) is 5.75 Å². The number of hydrogen-bond donors (Lipinski definition) is 3. The Balaban J connectivity index is 0.000000313. The first-order valence-electron chi connectivity index (χ1n) is 9.15. The molecule has 0 spiro atoms. The predicted octanol–water partition coefficient (Wildman–Crippen LogP) is 4.83. The Hall–Kier alpha value is -3.38. The fourth-order valence-electron chi connectivity index (χ4n) is 2.33. The van der Waals surface area contributed by atoms with Gasteiger partial charge < -0.3 is 20.7 Å². The van der Waals surface area contributed by atoms with Crippen molar-refractivity contribution in [3.8, 4) is 5.75 Å². The van der Waals surface area contributed by atoms with Crippen molar-refractivity contribution in [1.82, 2.24) is 5.32 Å². The number of hydrogen-bond acceptors (Lipinski definition) is 4. The van der Waals surface area contributed by atoms with Crippen molar-refractivity contribution in [2.24, 2.45) is 0 Å². The molecule has 0 fully saturated rings. The van der Waals surface area contributed by atoms with Gasteiger partial charge in [0, 0.05) is 31.4 Å². The van der Waals surface area contributed by atoms with Gasteiger partial charge in [-0.25, -0.2) is 0 Å². The third kappa shape index (κ3) is 8.90. The first-order chi connectivity index (χ1) is 14.1. The van der Waals surface area contributed by atoms with Gasteiger partial charge in [0.05, 0.1) is 0 Å². The topological polar surface area (TPSA) is 62.4 Å².